The predicted octanol–water partition coefficient (Wildman–Crippen LogP) is 1.68. The zero-order chi connectivity index (χ0) is 9.68. The van der Waals surface area contributed by atoms with Crippen molar-refractivity contribution in [2.45, 2.75) is 25.4 Å². The Morgan fingerprint density at radius 3 is 2.38 bits per heavy atom. The first kappa shape index (κ1) is 10.2. The lowest BCUT2D eigenvalue weighted by atomic mass is 10.0. The number of nitrogens with one attached hydrogen (secondary N) is 1. The highest BCUT2D eigenvalue weighted by atomic mass is 14.9. The van der Waals surface area contributed by atoms with Crippen molar-refractivity contribution >= 4 is 0 Å². The van der Waals surface area contributed by atoms with Crippen LogP contribution in [0.15, 0.2) is 30.3 Å². The van der Waals surface area contributed by atoms with Gasteiger partial charge in [-0.05, 0) is 26.0 Å². The summed E-state index contributed by atoms with van der Waals surface area (Å²) in [6.07, 6.45) is 0.973. The van der Waals surface area contributed by atoms with Gasteiger partial charge in [0.2, 0.25) is 0 Å². The van der Waals surface area contributed by atoms with E-state index < -0.39 is 0 Å². The van der Waals surface area contributed by atoms with Gasteiger partial charge in [0.05, 0.1) is 0 Å². The molecule has 0 aliphatic rings. The van der Waals surface area contributed by atoms with Crippen molar-refractivity contribution in [1.82, 2.24) is 5.32 Å². The third-order valence-electron chi connectivity index (χ3n) is 2.16. The normalized spacial score (nSPS) is 15.3. The molecule has 2 nitrogen and oxygen atoms in total. The number of nitrogens with two attached hydrogens (primary N) is 1. The molecule has 72 valence electrons. The van der Waals surface area contributed by atoms with Crippen LogP contribution < -0.4 is 11.1 Å². The molecule has 13 heavy (non-hydrogen) atoms. The lowest BCUT2D eigenvalue weighted by Crippen LogP contribution is -2.25. The molecular formula is C11H18N2. The van der Waals surface area contributed by atoms with Gasteiger partial charge in [-0.1, -0.05) is 30.3 Å². The molecule has 0 amide bonds. The molecule has 1 aromatic carbocycles. The Balaban J connectivity index is 2.67. The Morgan fingerprint density at radius 2 is 1.92 bits per heavy atom. The van der Waals surface area contributed by atoms with Crippen molar-refractivity contribution in [3.63, 3.8) is 0 Å². The van der Waals surface area contributed by atoms with Gasteiger partial charge in [0.1, 0.15) is 0 Å². The summed E-state index contributed by atoms with van der Waals surface area (Å²) < 4.78 is 0. The average molecular weight is 178 g/mol. The Bertz CT molecular complexity index is 231. The molecule has 0 aliphatic carbocycles. The SMILES string of the molecule is CNC(CC(C)N)c1ccccc1. The zero-order valence-corrected chi connectivity index (χ0v) is 8.33. The molecule has 3 N–H and O–H groups in total. The minimum atomic E-state index is 0.234. The summed E-state index contributed by atoms with van der Waals surface area (Å²) in [5, 5.41) is 3.27. The lowest BCUT2D eigenvalue weighted by molar-refractivity contribution is 0.499. The highest BCUT2D eigenvalue weighted by Gasteiger charge is 2.09. The van der Waals surface area contributed by atoms with Crippen LogP contribution in [0.25, 0.3) is 0 Å². The van der Waals surface area contributed by atoms with Gasteiger partial charge in [-0.15, -0.1) is 0 Å². The Morgan fingerprint density at radius 1 is 1.31 bits per heavy atom. The summed E-state index contributed by atoms with van der Waals surface area (Å²) >= 11 is 0. The van der Waals surface area contributed by atoms with E-state index in [1.165, 1.54) is 5.56 Å². The van der Waals surface area contributed by atoms with E-state index >= 15 is 0 Å². The summed E-state index contributed by atoms with van der Waals surface area (Å²) in [7, 11) is 1.97. The van der Waals surface area contributed by atoms with Crippen molar-refractivity contribution in [2.24, 2.45) is 5.73 Å². The first-order valence-electron chi connectivity index (χ1n) is 4.72. The third-order valence-corrected chi connectivity index (χ3v) is 2.16. The topological polar surface area (TPSA) is 38.0 Å². The molecule has 0 heterocycles. The average Bonchev–Trinajstić information content (AvgIpc) is 2.15. The minimum Gasteiger partial charge on any atom is -0.328 e. The van der Waals surface area contributed by atoms with E-state index in [2.05, 4.69) is 29.6 Å². The van der Waals surface area contributed by atoms with Gasteiger partial charge in [0.15, 0.2) is 0 Å². The van der Waals surface area contributed by atoms with Gasteiger partial charge < -0.3 is 11.1 Å². The molecule has 1 aromatic rings. The summed E-state index contributed by atoms with van der Waals surface area (Å²) in [4.78, 5) is 0. The van der Waals surface area contributed by atoms with Crippen LogP contribution in [0.4, 0.5) is 0 Å². The minimum absolute atomic E-state index is 0.234. The van der Waals surface area contributed by atoms with E-state index in [9.17, 15) is 0 Å². The van der Waals surface area contributed by atoms with Gasteiger partial charge in [-0.25, -0.2) is 0 Å². The van der Waals surface area contributed by atoms with Gasteiger partial charge in [0, 0.05) is 12.1 Å². The number of hydrogen-bond acceptors (Lipinski definition) is 2. The van der Waals surface area contributed by atoms with Crippen molar-refractivity contribution in [2.75, 3.05) is 7.05 Å². The summed E-state index contributed by atoms with van der Waals surface area (Å²) in [6.45, 7) is 2.04. The maximum absolute atomic E-state index is 5.77. The molecule has 0 spiro atoms. The van der Waals surface area contributed by atoms with Crippen LogP contribution in [0.2, 0.25) is 0 Å². The second-order valence-corrected chi connectivity index (χ2v) is 3.46. The summed E-state index contributed by atoms with van der Waals surface area (Å²) in [5.41, 5.74) is 7.07. The van der Waals surface area contributed by atoms with Crippen LogP contribution in [0, 0.1) is 0 Å². The molecule has 0 aliphatic heterocycles. The number of rotatable bonds is 4. The van der Waals surface area contributed by atoms with Crippen LogP contribution in [0.1, 0.15) is 24.9 Å². The largest absolute Gasteiger partial charge is 0.328 e. The van der Waals surface area contributed by atoms with E-state index in [0.717, 1.165) is 6.42 Å². The third kappa shape index (κ3) is 3.17. The second-order valence-electron chi connectivity index (χ2n) is 3.46. The zero-order valence-electron chi connectivity index (χ0n) is 8.33. The molecule has 2 heteroatoms. The molecule has 0 aromatic heterocycles. The van der Waals surface area contributed by atoms with E-state index in [1.807, 2.05) is 20.0 Å². The van der Waals surface area contributed by atoms with Crippen molar-refractivity contribution in [3.8, 4) is 0 Å². The van der Waals surface area contributed by atoms with Gasteiger partial charge >= 0.3 is 0 Å². The van der Waals surface area contributed by atoms with Crippen LogP contribution in [-0.4, -0.2) is 13.1 Å². The van der Waals surface area contributed by atoms with E-state index in [-0.39, 0.29) is 6.04 Å². The number of benzene rings is 1. The van der Waals surface area contributed by atoms with Crippen LogP contribution in [0.5, 0.6) is 0 Å². The maximum atomic E-state index is 5.77. The molecule has 0 saturated carbocycles. The maximum Gasteiger partial charge on any atom is 0.0332 e. The molecule has 0 saturated heterocycles. The predicted molar refractivity (Wildman–Crippen MR) is 56.5 cm³/mol. The fourth-order valence-electron chi connectivity index (χ4n) is 1.48. The Kier molecular flexibility index (Phi) is 3.93. The monoisotopic (exact) mass is 178 g/mol. The highest BCUT2D eigenvalue weighted by molar-refractivity contribution is 5.18. The number of hydrogen-bond donors (Lipinski definition) is 2. The molecule has 0 radical (unpaired) electrons. The smallest absolute Gasteiger partial charge is 0.0332 e. The van der Waals surface area contributed by atoms with E-state index in [0.29, 0.717) is 6.04 Å². The fourth-order valence-corrected chi connectivity index (χ4v) is 1.48. The fraction of sp³-hybridized carbons (Fsp3) is 0.455. The molecule has 1 rings (SSSR count). The Labute approximate surface area is 80.1 Å². The van der Waals surface area contributed by atoms with E-state index in [1.54, 1.807) is 0 Å². The summed E-state index contributed by atoms with van der Waals surface area (Å²) in [5.74, 6) is 0. The van der Waals surface area contributed by atoms with Crippen LogP contribution >= 0.6 is 0 Å². The first-order valence-corrected chi connectivity index (χ1v) is 4.72. The van der Waals surface area contributed by atoms with Gasteiger partial charge in [-0.3, -0.25) is 0 Å². The van der Waals surface area contributed by atoms with E-state index in [4.69, 9.17) is 5.73 Å². The van der Waals surface area contributed by atoms with Gasteiger partial charge in [-0.2, -0.15) is 0 Å². The molecule has 2 atom stereocenters. The highest BCUT2D eigenvalue weighted by Crippen LogP contribution is 2.16. The van der Waals surface area contributed by atoms with Crippen molar-refractivity contribution in [1.29, 1.82) is 0 Å². The standard InChI is InChI=1S/C11H18N2/c1-9(12)8-11(13-2)10-6-4-3-5-7-10/h3-7,9,11,13H,8,12H2,1-2H3. The van der Waals surface area contributed by atoms with Gasteiger partial charge in [0.25, 0.3) is 0 Å². The quantitative estimate of drug-likeness (QED) is 0.736. The van der Waals surface area contributed by atoms with Crippen LogP contribution in [0.3, 0.4) is 0 Å². The molecule has 0 bridgehead atoms. The molecule has 2 unspecified atom stereocenters. The van der Waals surface area contributed by atoms with Crippen LogP contribution in [-0.2, 0) is 0 Å². The van der Waals surface area contributed by atoms with Crippen molar-refractivity contribution in [3.05, 3.63) is 35.9 Å². The molecular weight excluding hydrogens is 160 g/mol. The first-order chi connectivity index (χ1) is 6.24. The Hall–Kier alpha value is -0.860. The summed E-state index contributed by atoms with van der Waals surface area (Å²) in [6, 6.07) is 11.0. The lowest BCUT2D eigenvalue weighted by Gasteiger charge is -2.18. The molecule has 0 fully saturated rings. The second kappa shape index (κ2) is 5.00. The van der Waals surface area contributed by atoms with Crippen molar-refractivity contribution < 1.29 is 0 Å².